The number of unbranched alkanes of at least 4 members (excludes halogenated alkanes) is 7. The SMILES string of the molecule is CCCCC#CCCCCCCCC(=O)O. The van der Waals surface area contributed by atoms with Crippen molar-refractivity contribution in [2.24, 2.45) is 0 Å². The fraction of sp³-hybridized carbons (Fsp3) is 0.786. The zero-order valence-electron chi connectivity index (χ0n) is 10.4. The van der Waals surface area contributed by atoms with Crippen molar-refractivity contribution >= 4 is 5.97 Å². The molecular formula is C14H24O2. The van der Waals surface area contributed by atoms with E-state index >= 15 is 0 Å². The fourth-order valence-corrected chi connectivity index (χ4v) is 1.46. The quantitative estimate of drug-likeness (QED) is 0.475. The molecule has 0 aromatic rings. The van der Waals surface area contributed by atoms with Gasteiger partial charge in [0.05, 0.1) is 0 Å². The van der Waals surface area contributed by atoms with Crippen molar-refractivity contribution in [1.82, 2.24) is 0 Å². The van der Waals surface area contributed by atoms with E-state index in [2.05, 4.69) is 18.8 Å². The number of hydrogen-bond acceptors (Lipinski definition) is 1. The molecule has 0 fully saturated rings. The lowest BCUT2D eigenvalue weighted by atomic mass is 10.1. The van der Waals surface area contributed by atoms with Crippen LogP contribution in [0.1, 0.15) is 71.1 Å². The van der Waals surface area contributed by atoms with Crippen LogP contribution in [0.4, 0.5) is 0 Å². The van der Waals surface area contributed by atoms with Gasteiger partial charge in [-0.25, -0.2) is 0 Å². The van der Waals surface area contributed by atoms with Crippen LogP contribution in [0, 0.1) is 11.8 Å². The van der Waals surface area contributed by atoms with Gasteiger partial charge in [0.15, 0.2) is 0 Å². The first-order valence-corrected chi connectivity index (χ1v) is 6.45. The van der Waals surface area contributed by atoms with Crippen molar-refractivity contribution < 1.29 is 9.90 Å². The molecular weight excluding hydrogens is 200 g/mol. The second-order valence-corrected chi connectivity index (χ2v) is 4.12. The summed E-state index contributed by atoms with van der Waals surface area (Å²) in [5, 5.41) is 8.44. The number of carboxylic acid groups (broad SMARTS) is 1. The van der Waals surface area contributed by atoms with Gasteiger partial charge >= 0.3 is 5.97 Å². The molecule has 0 amide bonds. The highest BCUT2D eigenvalue weighted by Crippen LogP contribution is 2.06. The van der Waals surface area contributed by atoms with Crippen LogP contribution >= 0.6 is 0 Å². The highest BCUT2D eigenvalue weighted by atomic mass is 16.4. The summed E-state index contributed by atoms with van der Waals surface area (Å²) in [6.45, 7) is 2.18. The predicted molar refractivity (Wildman–Crippen MR) is 67.3 cm³/mol. The second-order valence-electron chi connectivity index (χ2n) is 4.12. The van der Waals surface area contributed by atoms with E-state index in [0.29, 0.717) is 6.42 Å². The largest absolute Gasteiger partial charge is 0.481 e. The van der Waals surface area contributed by atoms with E-state index in [1.165, 1.54) is 19.3 Å². The van der Waals surface area contributed by atoms with E-state index in [1.807, 2.05) is 0 Å². The summed E-state index contributed by atoms with van der Waals surface area (Å²) < 4.78 is 0. The van der Waals surface area contributed by atoms with Gasteiger partial charge < -0.3 is 5.11 Å². The highest BCUT2D eigenvalue weighted by molar-refractivity contribution is 5.66. The molecule has 1 N–H and O–H groups in total. The van der Waals surface area contributed by atoms with E-state index in [-0.39, 0.29) is 0 Å². The number of carbonyl (C=O) groups is 1. The number of aliphatic carboxylic acids is 1. The molecule has 0 aromatic heterocycles. The van der Waals surface area contributed by atoms with Gasteiger partial charge in [-0.2, -0.15) is 0 Å². The molecule has 0 saturated heterocycles. The Morgan fingerprint density at radius 1 is 0.938 bits per heavy atom. The molecule has 0 aliphatic carbocycles. The number of hydrogen-bond donors (Lipinski definition) is 1. The van der Waals surface area contributed by atoms with Gasteiger partial charge in [-0.1, -0.05) is 32.6 Å². The van der Waals surface area contributed by atoms with Crippen LogP contribution in [0.3, 0.4) is 0 Å². The Morgan fingerprint density at radius 2 is 1.50 bits per heavy atom. The summed E-state index contributed by atoms with van der Waals surface area (Å²) in [7, 11) is 0. The number of carboxylic acids is 1. The van der Waals surface area contributed by atoms with E-state index in [0.717, 1.165) is 38.5 Å². The van der Waals surface area contributed by atoms with Crippen molar-refractivity contribution in [3.63, 3.8) is 0 Å². The van der Waals surface area contributed by atoms with E-state index in [4.69, 9.17) is 5.11 Å². The first kappa shape index (κ1) is 15.0. The van der Waals surface area contributed by atoms with Crippen LogP contribution in [0.2, 0.25) is 0 Å². The molecule has 2 heteroatoms. The topological polar surface area (TPSA) is 37.3 Å². The van der Waals surface area contributed by atoms with Crippen LogP contribution in [0.25, 0.3) is 0 Å². The third-order valence-corrected chi connectivity index (χ3v) is 2.47. The summed E-state index contributed by atoms with van der Waals surface area (Å²) in [4.78, 5) is 10.2. The molecule has 0 unspecified atom stereocenters. The van der Waals surface area contributed by atoms with Crippen molar-refractivity contribution in [2.45, 2.75) is 71.1 Å². The normalized spacial score (nSPS) is 9.56. The molecule has 92 valence electrons. The Bertz CT molecular complexity index is 223. The third-order valence-electron chi connectivity index (χ3n) is 2.47. The summed E-state index contributed by atoms with van der Waals surface area (Å²) >= 11 is 0. The van der Waals surface area contributed by atoms with E-state index < -0.39 is 5.97 Å². The molecule has 0 aliphatic heterocycles. The van der Waals surface area contributed by atoms with Crippen molar-refractivity contribution in [3.05, 3.63) is 0 Å². The Labute approximate surface area is 99.4 Å². The molecule has 0 rings (SSSR count). The average molecular weight is 224 g/mol. The minimum Gasteiger partial charge on any atom is -0.481 e. The second kappa shape index (κ2) is 12.1. The van der Waals surface area contributed by atoms with Gasteiger partial charge in [0.25, 0.3) is 0 Å². The van der Waals surface area contributed by atoms with Crippen LogP contribution in [0.5, 0.6) is 0 Å². The van der Waals surface area contributed by atoms with E-state index in [9.17, 15) is 4.79 Å². The maximum Gasteiger partial charge on any atom is 0.303 e. The standard InChI is InChI=1S/C14H24O2/c1-2-3-4-5-6-7-8-9-10-11-12-13-14(15)16/h2-4,7-13H2,1H3,(H,15,16). The Hall–Kier alpha value is -0.970. The van der Waals surface area contributed by atoms with Crippen molar-refractivity contribution in [3.8, 4) is 11.8 Å². The lowest BCUT2D eigenvalue weighted by Crippen LogP contribution is -1.93. The molecule has 0 atom stereocenters. The van der Waals surface area contributed by atoms with Gasteiger partial charge in [0.1, 0.15) is 0 Å². The van der Waals surface area contributed by atoms with Crippen molar-refractivity contribution in [2.75, 3.05) is 0 Å². The molecule has 0 spiro atoms. The predicted octanol–water partition coefficient (Wildman–Crippen LogP) is 4.00. The Kier molecular flexibility index (Phi) is 11.4. The van der Waals surface area contributed by atoms with Crippen LogP contribution in [-0.4, -0.2) is 11.1 Å². The zero-order chi connectivity index (χ0) is 12.1. The molecule has 0 bridgehead atoms. The summed E-state index contributed by atoms with van der Waals surface area (Å²) in [6.07, 6.45) is 10.1. The molecule has 0 heterocycles. The average Bonchev–Trinajstić information content (AvgIpc) is 2.25. The molecule has 0 aromatic carbocycles. The van der Waals surface area contributed by atoms with Crippen LogP contribution in [-0.2, 0) is 4.79 Å². The summed E-state index contributed by atoms with van der Waals surface area (Å²) in [6, 6.07) is 0. The maximum absolute atomic E-state index is 10.2. The Morgan fingerprint density at radius 3 is 2.12 bits per heavy atom. The summed E-state index contributed by atoms with van der Waals surface area (Å²) in [5.74, 6) is 5.68. The van der Waals surface area contributed by atoms with Gasteiger partial charge in [-0.3, -0.25) is 4.79 Å². The summed E-state index contributed by atoms with van der Waals surface area (Å²) in [5.41, 5.74) is 0. The first-order chi connectivity index (χ1) is 7.77. The van der Waals surface area contributed by atoms with Gasteiger partial charge in [-0.15, -0.1) is 11.8 Å². The third kappa shape index (κ3) is 13.0. The zero-order valence-corrected chi connectivity index (χ0v) is 10.4. The van der Waals surface area contributed by atoms with E-state index in [1.54, 1.807) is 0 Å². The monoisotopic (exact) mass is 224 g/mol. The first-order valence-electron chi connectivity index (χ1n) is 6.45. The molecule has 0 radical (unpaired) electrons. The van der Waals surface area contributed by atoms with Crippen molar-refractivity contribution in [1.29, 1.82) is 0 Å². The fourth-order valence-electron chi connectivity index (χ4n) is 1.46. The van der Waals surface area contributed by atoms with Gasteiger partial charge in [0.2, 0.25) is 0 Å². The van der Waals surface area contributed by atoms with Crippen LogP contribution in [0.15, 0.2) is 0 Å². The van der Waals surface area contributed by atoms with Crippen LogP contribution < -0.4 is 0 Å². The molecule has 0 aliphatic rings. The highest BCUT2D eigenvalue weighted by Gasteiger charge is 1.95. The number of rotatable bonds is 9. The molecule has 16 heavy (non-hydrogen) atoms. The lowest BCUT2D eigenvalue weighted by molar-refractivity contribution is -0.137. The maximum atomic E-state index is 10.2. The Balaban J connectivity index is 3.08. The smallest absolute Gasteiger partial charge is 0.303 e. The molecule has 2 nitrogen and oxygen atoms in total. The van der Waals surface area contributed by atoms with Gasteiger partial charge in [0, 0.05) is 19.3 Å². The lowest BCUT2D eigenvalue weighted by Gasteiger charge is -1.97. The molecule has 0 saturated carbocycles. The minimum absolute atomic E-state index is 0.316. The van der Waals surface area contributed by atoms with Gasteiger partial charge in [-0.05, 0) is 19.3 Å². The minimum atomic E-state index is -0.679.